The number of halogens is 1. The summed E-state index contributed by atoms with van der Waals surface area (Å²) in [6.07, 6.45) is 0.452. The number of carbonyl (C=O) groups is 2. The van der Waals surface area contributed by atoms with Crippen LogP contribution in [0.15, 0.2) is 39.4 Å². The van der Waals surface area contributed by atoms with Crippen molar-refractivity contribution in [3.8, 4) is 0 Å². The van der Waals surface area contributed by atoms with Crippen molar-refractivity contribution in [2.45, 2.75) is 20.3 Å². The van der Waals surface area contributed by atoms with Crippen LogP contribution in [0.3, 0.4) is 0 Å². The van der Waals surface area contributed by atoms with Crippen LogP contribution in [0.4, 0.5) is 5.69 Å². The number of hydrogen-bond acceptors (Lipinski definition) is 3. The fourth-order valence-electron chi connectivity index (χ4n) is 2.02. The number of carboxylic acid groups (broad SMARTS) is 1. The van der Waals surface area contributed by atoms with Crippen LogP contribution >= 0.6 is 15.9 Å². The summed E-state index contributed by atoms with van der Waals surface area (Å²) in [7, 11) is 0. The van der Waals surface area contributed by atoms with Crippen LogP contribution in [-0.2, 0) is 11.2 Å². The Morgan fingerprint density at radius 3 is 2.45 bits per heavy atom. The molecular weight excluding hydrogens is 350 g/mol. The number of hydrogen-bond donors (Lipinski definition) is 2. The number of carbonyl (C=O) groups excluding carboxylic acids is 1. The third-order valence-corrected chi connectivity index (χ3v) is 3.66. The lowest BCUT2D eigenvalue weighted by Crippen LogP contribution is -2.13. The van der Waals surface area contributed by atoms with Crippen molar-refractivity contribution in [3.63, 3.8) is 0 Å². The monoisotopic (exact) mass is 365 g/mol. The molecule has 0 bridgehead atoms. The molecule has 1 atom stereocenters. The zero-order chi connectivity index (χ0) is 16.3. The van der Waals surface area contributed by atoms with Crippen LogP contribution < -0.4 is 5.32 Å². The first kappa shape index (κ1) is 16.3. The molecule has 2 N–H and O–H groups in total. The van der Waals surface area contributed by atoms with Crippen LogP contribution in [0, 0.1) is 12.8 Å². The normalized spacial score (nSPS) is 12.0. The summed E-state index contributed by atoms with van der Waals surface area (Å²) in [6, 6.07) is 8.83. The van der Waals surface area contributed by atoms with E-state index in [0.717, 1.165) is 11.1 Å². The number of benzene rings is 1. The quantitative estimate of drug-likeness (QED) is 0.842. The second kappa shape index (κ2) is 6.79. The maximum Gasteiger partial charge on any atom is 0.306 e. The van der Waals surface area contributed by atoms with Crippen molar-refractivity contribution in [3.05, 3.63) is 51.9 Å². The van der Waals surface area contributed by atoms with Crippen molar-refractivity contribution in [1.82, 2.24) is 0 Å². The van der Waals surface area contributed by atoms with Gasteiger partial charge in [-0.25, -0.2) is 0 Å². The van der Waals surface area contributed by atoms with Gasteiger partial charge < -0.3 is 14.8 Å². The molecular formula is C16H16BrNO4. The smallest absolute Gasteiger partial charge is 0.306 e. The van der Waals surface area contributed by atoms with Gasteiger partial charge in [-0.1, -0.05) is 19.1 Å². The average molecular weight is 366 g/mol. The summed E-state index contributed by atoms with van der Waals surface area (Å²) in [5.41, 5.74) is 2.28. The van der Waals surface area contributed by atoms with E-state index in [1.54, 1.807) is 44.2 Å². The van der Waals surface area contributed by atoms with Gasteiger partial charge in [0.1, 0.15) is 0 Å². The number of aryl methyl sites for hydroxylation is 1. The van der Waals surface area contributed by atoms with Crippen molar-refractivity contribution in [2.24, 2.45) is 5.92 Å². The standard InChI is InChI=1S/C16H16BrNO4/c1-9-8-13(17)22-14(9)15(19)18-12-5-3-11(4-6-12)7-10(2)16(20)21/h3-6,8,10H,7H2,1-2H3,(H,18,19)(H,20,21). The molecule has 0 spiro atoms. The lowest BCUT2D eigenvalue weighted by Gasteiger charge is -2.08. The van der Waals surface area contributed by atoms with Gasteiger partial charge in [0.15, 0.2) is 10.4 Å². The molecule has 116 valence electrons. The van der Waals surface area contributed by atoms with E-state index in [-0.39, 0.29) is 11.7 Å². The minimum absolute atomic E-state index is 0.260. The zero-order valence-corrected chi connectivity index (χ0v) is 13.8. The van der Waals surface area contributed by atoms with E-state index in [1.165, 1.54) is 0 Å². The van der Waals surface area contributed by atoms with Crippen LogP contribution in [-0.4, -0.2) is 17.0 Å². The van der Waals surface area contributed by atoms with E-state index in [1.807, 2.05) is 0 Å². The molecule has 0 saturated heterocycles. The number of aliphatic carboxylic acids is 1. The van der Waals surface area contributed by atoms with E-state index in [4.69, 9.17) is 9.52 Å². The third-order valence-electron chi connectivity index (χ3n) is 3.27. The molecule has 0 saturated carbocycles. The average Bonchev–Trinajstić information content (AvgIpc) is 2.79. The second-order valence-corrected chi connectivity index (χ2v) is 5.94. The van der Waals surface area contributed by atoms with Gasteiger partial charge in [0.2, 0.25) is 0 Å². The van der Waals surface area contributed by atoms with Gasteiger partial charge in [0, 0.05) is 11.3 Å². The molecule has 1 aromatic carbocycles. The number of nitrogens with one attached hydrogen (secondary N) is 1. The number of carboxylic acids is 1. The maximum absolute atomic E-state index is 12.1. The number of anilines is 1. The van der Waals surface area contributed by atoms with Crippen LogP contribution in [0.1, 0.15) is 28.6 Å². The minimum atomic E-state index is -0.823. The fourth-order valence-corrected chi connectivity index (χ4v) is 2.53. The maximum atomic E-state index is 12.1. The Morgan fingerprint density at radius 1 is 1.32 bits per heavy atom. The molecule has 22 heavy (non-hydrogen) atoms. The summed E-state index contributed by atoms with van der Waals surface area (Å²) >= 11 is 3.19. The molecule has 1 amide bonds. The highest BCUT2D eigenvalue weighted by atomic mass is 79.9. The summed E-state index contributed by atoms with van der Waals surface area (Å²) in [6.45, 7) is 3.45. The van der Waals surface area contributed by atoms with Gasteiger partial charge in [0.25, 0.3) is 5.91 Å². The summed E-state index contributed by atoms with van der Waals surface area (Å²) in [5.74, 6) is -1.33. The lowest BCUT2D eigenvalue weighted by atomic mass is 10.0. The topological polar surface area (TPSA) is 79.5 Å². The highest BCUT2D eigenvalue weighted by Gasteiger charge is 2.15. The predicted octanol–water partition coefficient (Wildman–Crippen LogP) is 3.87. The largest absolute Gasteiger partial charge is 0.481 e. The summed E-state index contributed by atoms with van der Waals surface area (Å²) < 4.78 is 5.80. The first-order valence-corrected chi connectivity index (χ1v) is 7.55. The zero-order valence-electron chi connectivity index (χ0n) is 12.2. The molecule has 0 aliphatic carbocycles. The highest BCUT2D eigenvalue weighted by Crippen LogP contribution is 2.21. The predicted molar refractivity (Wildman–Crippen MR) is 86.0 cm³/mol. The SMILES string of the molecule is Cc1cc(Br)oc1C(=O)Nc1ccc(CC(C)C(=O)O)cc1. The fraction of sp³-hybridized carbons (Fsp3) is 0.250. The van der Waals surface area contributed by atoms with Gasteiger partial charge in [0.05, 0.1) is 5.92 Å². The van der Waals surface area contributed by atoms with E-state index in [0.29, 0.717) is 16.8 Å². The van der Waals surface area contributed by atoms with Gasteiger partial charge in [-0.05, 0) is 53.0 Å². The molecule has 1 heterocycles. The van der Waals surface area contributed by atoms with Crippen LogP contribution in [0.25, 0.3) is 0 Å². The summed E-state index contributed by atoms with van der Waals surface area (Å²) in [4.78, 5) is 22.9. The van der Waals surface area contributed by atoms with E-state index in [9.17, 15) is 9.59 Å². The molecule has 2 rings (SSSR count). The summed E-state index contributed by atoms with van der Waals surface area (Å²) in [5, 5.41) is 11.6. The number of furan rings is 1. The Bertz CT molecular complexity index is 691. The lowest BCUT2D eigenvalue weighted by molar-refractivity contribution is -0.141. The molecule has 0 aliphatic rings. The van der Waals surface area contributed by atoms with Crippen molar-refractivity contribution >= 4 is 33.5 Å². The van der Waals surface area contributed by atoms with Gasteiger partial charge in [-0.3, -0.25) is 9.59 Å². The molecule has 6 heteroatoms. The molecule has 5 nitrogen and oxygen atoms in total. The molecule has 1 aromatic heterocycles. The van der Waals surface area contributed by atoms with Gasteiger partial charge >= 0.3 is 5.97 Å². The van der Waals surface area contributed by atoms with Crippen molar-refractivity contribution < 1.29 is 19.1 Å². The van der Waals surface area contributed by atoms with E-state index >= 15 is 0 Å². The number of amides is 1. The van der Waals surface area contributed by atoms with Crippen molar-refractivity contribution in [2.75, 3.05) is 5.32 Å². The van der Waals surface area contributed by atoms with Gasteiger partial charge in [-0.2, -0.15) is 0 Å². The Balaban J connectivity index is 2.03. The van der Waals surface area contributed by atoms with Crippen LogP contribution in [0.2, 0.25) is 0 Å². The van der Waals surface area contributed by atoms with E-state index in [2.05, 4.69) is 21.2 Å². The molecule has 2 aromatic rings. The molecule has 0 radical (unpaired) electrons. The highest BCUT2D eigenvalue weighted by molar-refractivity contribution is 9.10. The van der Waals surface area contributed by atoms with Gasteiger partial charge in [-0.15, -0.1) is 0 Å². The third kappa shape index (κ3) is 3.98. The van der Waals surface area contributed by atoms with Crippen LogP contribution in [0.5, 0.6) is 0 Å². The van der Waals surface area contributed by atoms with Crippen molar-refractivity contribution in [1.29, 1.82) is 0 Å². The Hall–Kier alpha value is -2.08. The minimum Gasteiger partial charge on any atom is -0.481 e. The first-order valence-electron chi connectivity index (χ1n) is 6.76. The Morgan fingerprint density at radius 2 is 1.95 bits per heavy atom. The van der Waals surface area contributed by atoms with E-state index < -0.39 is 11.9 Å². The number of rotatable bonds is 5. The Labute approximate surface area is 136 Å². The molecule has 0 aliphatic heterocycles. The second-order valence-electron chi connectivity index (χ2n) is 5.16. The molecule has 1 unspecified atom stereocenters. The Kier molecular flexibility index (Phi) is 5.03. The molecule has 0 fully saturated rings. The first-order chi connectivity index (χ1) is 10.4.